The second kappa shape index (κ2) is 7.79. The number of fused-ring (bicyclic) bond motifs is 1. The van der Waals surface area contributed by atoms with Crippen molar-refractivity contribution in [1.82, 2.24) is 14.9 Å². The number of rotatable bonds is 6. The lowest BCUT2D eigenvalue weighted by molar-refractivity contribution is -0.112. The van der Waals surface area contributed by atoms with E-state index in [2.05, 4.69) is 15.1 Å². The number of benzene rings is 2. The Bertz CT molecular complexity index is 997. The molecule has 1 atom stereocenters. The van der Waals surface area contributed by atoms with Gasteiger partial charge in [0.1, 0.15) is 6.29 Å². The number of nitrogens with one attached hydrogen (secondary N) is 1. The van der Waals surface area contributed by atoms with Gasteiger partial charge in [-0.25, -0.2) is 9.97 Å². The summed E-state index contributed by atoms with van der Waals surface area (Å²) in [6, 6.07) is 18.4. The van der Waals surface area contributed by atoms with Crippen molar-refractivity contribution in [3.05, 3.63) is 60.2 Å². The second-order valence-corrected chi connectivity index (χ2v) is 7.82. The van der Waals surface area contributed by atoms with Crippen molar-refractivity contribution in [3.63, 3.8) is 0 Å². The highest BCUT2D eigenvalue weighted by molar-refractivity contribution is 5.80. The van der Waals surface area contributed by atoms with E-state index in [9.17, 15) is 4.79 Å². The van der Waals surface area contributed by atoms with Gasteiger partial charge in [-0.3, -0.25) is 4.90 Å². The predicted octanol–water partition coefficient (Wildman–Crippen LogP) is 3.27. The van der Waals surface area contributed by atoms with Crippen LogP contribution in [0.1, 0.15) is 24.4 Å². The summed E-state index contributed by atoms with van der Waals surface area (Å²) < 4.78 is 0. The molecule has 1 aliphatic carbocycles. The van der Waals surface area contributed by atoms with Gasteiger partial charge in [-0.2, -0.15) is 0 Å². The van der Waals surface area contributed by atoms with Crippen LogP contribution in [0, 0.1) is 0 Å². The highest BCUT2D eigenvalue weighted by Gasteiger charge is 2.29. The number of carbonyl (C=O) groups is 1. The molecule has 1 saturated heterocycles. The van der Waals surface area contributed by atoms with E-state index in [1.807, 2.05) is 54.6 Å². The molecule has 2 aromatic carbocycles. The van der Waals surface area contributed by atoms with Crippen LogP contribution in [0.4, 0.5) is 11.6 Å². The Labute approximate surface area is 170 Å². The molecule has 1 saturated carbocycles. The Kier molecular flexibility index (Phi) is 4.86. The van der Waals surface area contributed by atoms with Gasteiger partial charge in [0, 0.05) is 32.2 Å². The first-order valence-corrected chi connectivity index (χ1v) is 10.3. The van der Waals surface area contributed by atoms with Crippen molar-refractivity contribution in [2.75, 3.05) is 36.4 Å². The predicted molar refractivity (Wildman–Crippen MR) is 115 cm³/mol. The number of piperazine rings is 1. The van der Waals surface area contributed by atoms with Crippen molar-refractivity contribution >= 4 is 29.0 Å². The highest BCUT2D eigenvalue weighted by atomic mass is 16.1. The number of aldehydes is 1. The van der Waals surface area contributed by atoms with Gasteiger partial charge in [0.25, 0.3) is 0 Å². The molecule has 2 heterocycles. The van der Waals surface area contributed by atoms with E-state index in [4.69, 9.17) is 9.97 Å². The maximum absolute atomic E-state index is 11.8. The zero-order valence-electron chi connectivity index (χ0n) is 16.4. The third-order valence-corrected chi connectivity index (χ3v) is 5.75. The zero-order valence-corrected chi connectivity index (χ0v) is 16.4. The van der Waals surface area contributed by atoms with Crippen LogP contribution >= 0.6 is 0 Å². The van der Waals surface area contributed by atoms with Gasteiger partial charge < -0.3 is 15.0 Å². The average molecular weight is 387 g/mol. The Hall–Kier alpha value is -2.99. The summed E-state index contributed by atoms with van der Waals surface area (Å²) in [7, 11) is 0. The first kappa shape index (κ1) is 18.1. The van der Waals surface area contributed by atoms with Gasteiger partial charge in [0.15, 0.2) is 11.6 Å². The summed E-state index contributed by atoms with van der Waals surface area (Å²) in [5.41, 5.74) is 2.89. The number of nitrogens with zero attached hydrogens (tertiary/aromatic N) is 4. The number of carbonyl (C=O) groups excluding carboxylic acids is 1. The van der Waals surface area contributed by atoms with Crippen molar-refractivity contribution in [3.8, 4) is 0 Å². The lowest BCUT2D eigenvalue weighted by atomic mass is 10.1. The molecule has 0 amide bonds. The maximum atomic E-state index is 11.8. The van der Waals surface area contributed by atoms with Crippen LogP contribution in [0.15, 0.2) is 54.6 Å². The summed E-state index contributed by atoms with van der Waals surface area (Å²) >= 11 is 0. The zero-order chi connectivity index (χ0) is 19.6. The van der Waals surface area contributed by atoms with Crippen LogP contribution < -0.4 is 10.2 Å². The van der Waals surface area contributed by atoms with Crippen LogP contribution in [0.5, 0.6) is 0 Å². The second-order valence-electron chi connectivity index (χ2n) is 7.82. The third-order valence-electron chi connectivity index (χ3n) is 5.75. The monoisotopic (exact) mass is 387 g/mol. The van der Waals surface area contributed by atoms with Gasteiger partial charge in [-0.05, 0) is 30.5 Å². The minimum absolute atomic E-state index is 0.190. The highest BCUT2D eigenvalue weighted by Crippen LogP contribution is 2.32. The lowest BCUT2D eigenvalue weighted by Crippen LogP contribution is -2.48. The molecule has 5 rings (SSSR count). The number of anilines is 2. The largest absolute Gasteiger partial charge is 0.364 e. The van der Waals surface area contributed by atoms with Gasteiger partial charge in [0.05, 0.1) is 17.1 Å². The van der Waals surface area contributed by atoms with E-state index in [1.165, 1.54) is 12.8 Å². The molecule has 2 aliphatic rings. The maximum Gasteiger partial charge on any atom is 0.172 e. The van der Waals surface area contributed by atoms with Crippen LogP contribution in [-0.2, 0) is 4.79 Å². The van der Waals surface area contributed by atoms with Crippen LogP contribution in [-0.4, -0.2) is 53.4 Å². The van der Waals surface area contributed by atoms with E-state index >= 15 is 0 Å². The fourth-order valence-electron chi connectivity index (χ4n) is 3.97. The molecule has 0 bridgehead atoms. The van der Waals surface area contributed by atoms with E-state index in [-0.39, 0.29) is 6.04 Å². The first-order valence-electron chi connectivity index (χ1n) is 10.3. The van der Waals surface area contributed by atoms with E-state index < -0.39 is 0 Å². The van der Waals surface area contributed by atoms with Crippen molar-refractivity contribution in [2.45, 2.75) is 24.9 Å². The smallest absolute Gasteiger partial charge is 0.172 e. The molecule has 1 aliphatic heterocycles. The SMILES string of the molecule is O=CC(c1ccccc1)N1CCN(c2nc3ccccc3nc2NC2CC2)CC1. The van der Waals surface area contributed by atoms with Gasteiger partial charge in [-0.1, -0.05) is 42.5 Å². The number of aromatic nitrogens is 2. The summed E-state index contributed by atoms with van der Waals surface area (Å²) in [5, 5.41) is 3.56. The number of para-hydroxylation sites is 2. The molecular weight excluding hydrogens is 362 g/mol. The standard InChI is InChI=1S/C23H25N5O/c29-16-21(17-6-2-1-3-7-17)27-12-14-28(15-13-27)23-22(24-18-10-11-18)25-19-8-4-5-9-20(19)26-23/h1-9,16,18,21H,10-15H2,(H,24,25). The van der Waals surface area contributed by atoms with Crippen molar-refractivity contribution in [1.29, 1.82) is 0 Å². The first-order chi connectivity index (χ1) is 14.3. The quantitative estimate of drug-likeness (QED) is 0.655. The Morgan fingerprint density at radius 3 is 2.21 bits per heavy atom. The lowest BCUT2D eigenvalue weighted by Gasteiger charge is -2.38. The molecule has 2 fully saturated rings. The molecule has 3 aromatic rings. The van der Waals surface area contributed by atoms with Gasteiger partial charge in [-0.15, -0.1) is 0 Å². The molecule has 1 N–H and O–H groups in total. The van der Waals surface area contributed by atoms with Gasteiger partial charge in [0.2, 0.25) is 0 Å². The fraction of sp³-hybridized carbons (Fsp3) is 0.348. The summed E-state index contributed by atoms with van der Waals surface area (Å²) in [6.45, 7) is 3.28. The van der Waals surface area contributed by atoms with E-state index in [0.29, 0.717) is 6.04 Å². The van der Waals surface area contributed by atoms with Crippen LogP contribution in [0.3, 0.4) is 0 Å². The van der Waals surface area contributed by atoms with E-state index in [0.717, 1.165) is 60.7 Å². The molecule has 6 nitrogen and oxygen atoms in total. The number of hydrogen-bond acceptors (Lipinski definition) is 6. The molecule has 0 radical (unpaired) electrons. The van der Waals surface area contributed by atoms with Crippen LogP contribution in [0.2, 0.25) is 0 Å². The van der Waals surface area contributed by atoms with Crippen molar-refractivity contribution in [2.24, 2.45) is 0 Å². The summed E-state index contributed by atoms with van der Waals surface area (Å²) in [5.74, 6) is 1.81. The normalized spacial score (nSPS) is 18.6. The molecule has 1 aromatic heterocycles. The van der Waals surface area contributed by atoms with E-state index in [1.54, 1.807) is 0 Å². The number of hydrogen-bond donors (Lipinski definition) is 1. The minimum Gasteiger partial charge on any atom is -0.364 e. The Morgan fingerprint density at radius 2 is 1.55 bits per heavy atom. The van der Waals surface area contributed by atoms with Crippen molar-refractivity contribution < 1.29 is 4.79 Å². The van der Waals surface area contributed by atoms with Crippen LogP contribution in [0.25, 0.3) is 11.0 Å². The average Bonchev–Trinajstić information content (AvgIpc) is 3.59. The summed E-state index contributed by atoms with van der Waals surface area (Å²) in [4.78, 5) is 26.2. The Balaban J connectivity index is 1.37. The molecule has 29 heavy (non-hydrogen) atoms. The third kappa shape index (κ3) is 3.80. The molecular formula is C23H25N5O. The minimum atomic E-state index is -0.190. The topological polar surface area (TPSA) is 61.4 Å². The fourth-order valence-corrected chi connectivity index (χ4v) is 3.97. The summed E-state index contributed by atoms with van der Waals surface area (Å²) in [6.07, 6.45) is 3.44. The molecule has 148 valence electrons. The molecule has 6 heteroatoms. The van der Waals surface area contributed by atoms with Gasteiger partial charge >= 0.3 is 0 Å². The Morgan fingerprint density at radius 1 is 0.897 bits per heavy atom. The molecule has 1 unspecified atom stereocenters. The molecule has 0 spiro atoms.